The fraction of sp³-hybridized carbons (Fsp3) is 0.700. The van der Waals surface area contributed by atoms with E-state index >= 15 is 0 Å². The fourth-order valence-corrected chi connectivity index (χ4v) is 4.28. The number of carbonyl (C=O) groups is 8. The minimum absolute atomic E-state index is 0.0480. The molecule has 0 aliphatic carbocycles. The molecule has 8 atom stereocenters. The Morgan fingerprint density at radius 2 is 1.13 bits per heavy atom. The Hall–Kier alpha value is -5.09. The molecule has 0 saturated carbocycles. The summed E-state index contributed by atoms with van der Waals surface area (Å²) in [6.07, 6.45) is -2.70. The van der Waals surface area contributed by atoms with Crippen LogP contribution in [0.5, 0.6) is 0 Å². The van der Waals surface area contributed by atoms with Gasteiger partial charge in [0.05, 0.1) is 25.2 Å². The first-order valence-corrected chi connectivity index (χ1v) is 16.4. The molecular weight excluding hydrogens is 692 g/mol. The van der Waals surface area contributed by atoms with Crippen LogP contribution >= 0.6 is 0 Å². The van der Waals surface area contributed by atoms with Crippen molar-refractivity contribution in [2.45, 2.75) is 109 Å². The molecule has 22 nitrogen and oxygen atoms in total. The lowest BCUT2D eigenvalue weighted by molar-refractivity contribution is -0.144. The van der Waals surface area contributed by atoms with Gasteiger partial charge in [-0.15, -0.1) is 0 Å². The number of hydrogen-bond acceptors (Lipinski definition) is 12. The molecule has 0 heterocycles. The van der Waals surface area contributed by atoms with Crippen molar-refractivity contribution in [3.63, 3.8) is 0 Å². The molecule has 0 aromatic carbocycles. The van der Waals surface area contributed by atoms with Crippen LogP contribution in [0.15, 0.2) is 4.99 Å². The van der Waals surface area contributed by atoms with E-state index in [1.54, 1.807) is 27.7 Å². The number of nitrogens with two attached hydrogens (primary N) is 3. The molecule has 0 rings (SSSR count). The van der Waals surface area contributed by atoms with E-state index in [1.165, 1.54) is 6.92 Å². The molecule has 22 heteroatoms. The van der Waals surface area contributed by atoms with Crippen LogP contribution in [0.3, 0.4) is 0 Å². The molecule has 0 aromatic heterocycles. The summed E-state index contributed by atoms with van der Waals surface area (Å²) in [5.41, 5.74) is 16.2. The summed E-state index contributed by atoms with van der Waals surface area (Å²) in [4.78, 5) is 104. The normalized spacial score (nSPS) is 15.7. The lowest BCUT2D eigenvalue weighted by Crippen LogP contribution is -2.62. The van der Waals surface area contributed by atoms with E-state index in [9.17, 15) is 58.8 Å². The Bertz CT molecular complexity index is 1310. The quantitative estimate of drug-likeness (QED) is 0.0264. The predicted octanol–water partition coefficient (Wildman–Crippen LogP) is -5.46. The minimum Gasteiger partial charge on any atom is -0.481 e. The zero-order valence-corrected chi connectivity index (χ0v) is 30.0. The molecule has 296 valence electrons. The first kappa shape index (κ1) is 46.9. The first-order chi connectivity index (χ1) is 24.0. The average Bonchev–Trinajstić information content (AvgIpc) is 3.03. The Kier molecular flexibility index (Phi) is 20.5. The number of aliphatic hydroxyl groups excluding tert-OH is 2. The largest absolute Gasteiger partial charge is 0.481 e. The van der Waals surface area contributed by atoms with Crippen LogP contribution in [0.2, 0.25) is 0 Å². The number of carboxylic acid groups (broad SMARTS) is 2. The number of aliphatic hydroxyl groups is 2. The van der Waals surface area contributed by atoms with Gasteiger partial charge in [-0.3, -0.25) is 38.6 Å². The minimum atomic E-state index is -1.93. The summed E-state index contributed by atoms with van der Waals surface area (Å²) in [5, 5.41) is 52.4. The van der Waals surface area contributed by atoms with Gasteiger partial charge < -0.3 is 69.5 Å². The van der Waals surface area contributed by atoms with Crippen molar-refractivity contribution in [3.05, 3.63) is 0 Å². The molecule has 0 saturated heterocycles. The number of carbonyl (C=O) groups excluding carboxylic acids is 6. The van der Waals surface area contributed by atoms with Gasteiger partial charge in [0, 0.05) is 6.54 Å². The number of aliphatic imine (C=N–C) groups is 1. The molecule has 0 radical (unpaired) electrons. The highest BCUT2D eigenvalue weighted by atomic mass is 16.4. The van der Waals surface area contributed by atoms with Gasteiger partial charge in [-0.2, -0.15) is 0 Å². The Balaban J connectivity index is 5.83. The summed E-state index contributed by atoms with van der Waals surface area (Å²) in [6.45, 7) is 8.01. The van der Waals surface area contributed by atoms with Crippen molar-refractivity contribution in [1.82, 2.24) is 31.9 Å². The number of guanidine groups is 1. The van der Waals surface area contributed by atoms with Crippen molar-refractivity contribution in [2.24, 2.45) is 34.0 Å². The first-order valence-electron chi connectivity index (χ1n) is 16.4. The Labute approximate surface area is 300 Å². The van der Waals surface area contributed by atoms with Gasteiger partial charge in [0.25, 0.3) is 0 Å². The molecular formula is C30H54N10O12. The number of carboxylic acids is 2. The van der Waals surface area contributed by atoms with Gasteiger partial charge in [0.15, 0.2) is 5.96 Å². The van der Waals surface area contributed by atoms with Gasteiger partial charge >= 0.3 is 11.9 Å². The molecule has 0 fully saturated rings. The number of nitrogens with one attached hydrogen (secondary N) is 6. The smallest absolute Gasteiger partial charge is 0.326 e. The number of amides is 6. The van der Waals surface area contributed by atoms with Crippen LogP contribution in [0, 0.1) is 11.8 Å². The van der Waals surface area contributed by atoms with Gasteiger partial charge in [0.1, 0.15) is 36.3 Å². The van der Waals surface area contributed by atoms with Crippen LogP contribution in [-0.2, 0) is 38.4 Å². The van der Waals surface area contributed by atoms with E-state index in [4.69, 9.17) is 17.2 Å². The van der Waals surface area contributed by atoms with Crippen LogP contribution in [0.4, 0.5) is 0 Å². The van der Waals surface area contributed by atoms with Crippen molar-refractivity contribution in [1.29, 1.82) is 0 Å². The SMILES string of the molecule is CC(C)[C@H](N)C(=O)N[C@@H](C)C(=O)N[C@H](C(=O)N[C@H](C(=O)N[C@@H](CC(=O)O)C(=O)N[C@@H](CO)C(=O)N[C@@H](CCCN=C(N)N)C(=O)O)[C@@H](C)O)C(C)C. The van der Waals surface area contributed by atoms with Crippen molar-refractivity contribution in [2.75, 3.05) is 13.2 Å². The highest BCUT2D eigenvalue weighted by Gasteiger charge is 2.36. The summed E-state index contributed by atoms with van der Waals surface area (Å²) in [6, 6.07) is -10.3. The molecule has 0 bridgehead atoms. The van der Waals surface area contributed by atoms with Crippen molar-refractivity contribution in [3.8, 4) is 0 Å². The summed E-state index contributed by atoms with van der Waals surface area (Å²) in [5.74, 6) is -10.1. The standard InChI is InChI=1S/C30H54N10O12/c1-12(2)20(31)26(48)35-14(5)23(45)39-21(13(3)4)27(49)40-22(15(6)42)28(50)37-17(10-19(43)44)24(46)38-18(11-41)25(47)36-16(29(51)52)8-7-9-34-30(32)33/h12-18,20-22,41-42H,7-11,31H2,1-6H3,(H,35,48)(H,36,47)(H,37,50)(H,38,46)(H,39,45)(H,40,49)(H,43,44)(H,51,52)(H4,32,33,34)/t14-,15+,16-,17-,18-,20-,21-,22-/m0/s1. The van der Waals surface area contributed by atoms with Crippen molar-refractivity contribution >= 4 is 53.3 Å². The van der Waals surface area contributed by atoms with Crippen LogP contribution in [0.1, 0.15) is 60.8 Å². The van der Waals surface area contributed by atoms with E-state index in [0.29, 0.717) is 0 Å². The average molecular weight is 747 g/mol. The van der Waals surface area contributed by atoms with E-state index in [0.717, 1.165) is 6.92 Å². The topological polar surface area (TPSA) is 380 Å². The molecule has 0 aliphatic heterocycles. The van der Waals surface area contributed by atoms with Crippen LogP contribution < -0.4 is 49.1 Å². The summed E-state index contributed by atoms with van der Waals surface area (Å²) < 4.78 is 0. The van der Waals surface area contributed by atoms with E-state index in [-0.39, 0.29) is 31.3 Å². The van der Waals surface area contributed by atoms with E-state index in [1.807, 2.05) is 5.32 Å². The second-order valence-electron chi connectivity index (χ2n) is 12.7. The third-order valence-electron chi connectivity index (χ3n) is 7.47. The maximum absolute atomic E-state index is 13.3. The summed E-state index contributed by atoms with van der Waals surface area (Å²) in [7, 11) is 0. The molecule has 6 amide bonds. The molecule has 52 heavy (non-hydrogen) atoms. The second-order valence-corrected chi connectivity index (χ2v) is 12.7. The lowest BCUT2D eigenvalue weighted by atomic mass is 10.0. The molecule has 0 aromatic rings. The third-order valence-corrected chi connectivity index (χ3v) is 7.47. The van der Waals surface area contributed by atoms with Crippen molar-refractivity contribution < 1.29 is 58.8 Å². The predicted molar refractivity (Wildman–Crippen MR) is 183 cm³/mol. The third kappa shape index (κ3) is 16.7. The Morgan fingerprint density at radius 3 is 1.60 bits per heavy atom. The highest BCUT2D eigenvalue weighted by molar-refractivity contribution is 5.98. The second kappa shape index (κ2) is 22.7. The number of hydrogen-bond donors (Lipinski definition) is 13. The number of rotatable bonds is 23. The molecule has 0 aliphatic rings. The van der Waals surface area contributed by atoms with Crippen LogP contribution in [-0.4, -0.2) is 135 Å². The summed E-state index contributed by atoms with van der Waals surface area (Å²) >= 11 is 0. The van der Waals surface area contributed by atoms with Gasteiger partial charge in [-0.05, 0) is 38.5 Å². The van der Waals surface area contributed by atoms with Crippen LogP contribution in [0.25, 0.3) is 0 Å². The van der Waals surface area contributed by atoms with Gasteiger partial charge in [0.2, 0.25) is 35.4 Å². The van der Waals surface area contributed by atoms with E-state index in [2.05, 4.69) is 31.6 Å². The molecule has 0 spiro atoms. The van der Waals surface area contributed by atoms with Gasteiger partial charge in [-0.1, -0.05) is 27.7 Å². The zero-order valence-electron chi connectivity index (χ0n) is 30.0. The highest BCUT2D eigenvalue weighted by Crippen LogP contribution is 2.07. The number of aliphatic carboxylic acids is 2. The maximum Gasteiger partial charge on any atom is 0.326 e. The zero-order chi connectivity index (χ0) is 40.5. The van der Waals surface area contributed by atoms with Gasteiger partial charge in [-0.25, -0.2) is 4.79 Å². The number of nitrogens with zero attached hydrogens (tertiary/aromatic N) is 1. The maximum atomic E-state index is 13.3. The Morgan fingerprint density at radius 1 is 0.635 bits per heavy atom. The van der Waals surface area contributed by atoms with E-state index < -0.39 is 115 Å². The fourth-order valence-electron chi connectivity index (χ4n) is 4.28. The lowest BCUT2D eigenvalue weighted by Gasteiger charge is -2.29. The molecule has 0 unspecified atom stereocenters. The molecule has 16 N–H and O–H groups in total. The monoisotopic (exact) mass is 746 g/mol.